The van der Waals surface area contributed by atoms with Crippen LogP contribution in [0.4, 0.5) is 5.69 Å². The molecule has 0 radical (unpaired) electrons. The average Bonchev–Trinajstić information content (AvgIpc) is 2.99. The molecule has 130 valence electrons. The third-order valence-electron chi connectivity index (χ3n) is 4.21. The van der Waals surface area contributed by atoms with Crippen molar-refractivity contribution in [2.45, 2.75) is 13.8 Å². The van der Waals surface area contributed by atoms with Gasteiger partial charge in [-0.05, 0) is 50.2 Å². The summed E-state index contributed by atoms with van der Waals surface area (Å²) in [5.74, 6) is 0.572. The maximum Gasteiger partial charge on any atom is 0.257 e. The van der Waals surface area contributed by atoms with Crippen molar-refractivity contribution in [1.29, 1.82) is 0 Å². The zero-order valence-electron chi connectivity index (χ0n) is 14.7. The lowest BCUT2D eigenvalue weighted by molar-refractivity contribution is 0.102. The van der Waals surface area contributed by atoms with Crippen LogP contribution in [0, 0.1) is 13.8 Å². The van der Waals surface area contributed by atoms with E-state index in [2.05, 4.69) is 15.3 Å². The molecule has 2 heterocycles. The Morgan fingerprint density at radius 2 is 1.88 bits per heavy atom. The zero-order chi connectivity index (χ0) is 18.3. The van der Waals surface area contributed by atoms with Crippen molar-refractivity contribution < 1.29 is 9.53 Å². The molecule has 0 saturated carbocycles. The van der Waals surface area contributed by atoms with Crippen LogP contribution in [-0.2, 0) is 0 Å². The number of carbonyl (C=O) groups excluding carboxylic acids is 1. The third-order valence-corrected chi connectivity index (χ3v) is 5.15. The Labute approximate surface area is 154 Å². The summed E-state index contributed by atoms with van der Waals surface area (Å²) in [4.78, 5) is 21.7. The molecule has 0 atom stereocenters. The first-order valence-corrected chi connectivity index (χ1v) is 8.99. The lowest BCUT2D eigenvalue weighted by Crippen LogP contribution is -2.14. The average molecular weight is 363 g/mol. The lowest BCUT2D eigenvalue weighted by atomic mass is 10.1. The zero-order valence-corrected chi connectivity index (χ0v) is 15.5. The van der Waals surface area contributed by atoms with Crippen LogP contribution in [-0.4, -0.2) is 23.0 Å². The smallest absolute Gasteiger partial charge is 0.257 e. The topological polar surface area (TPSA) is 64.1 Å². The normalized spacial score (nSPS) is 11.0. The first kappa shape index (κ1) is 16.5. The van der Waals surface area contributed by atoms with E-state index in [0.29, 0.717) is 11.3 Å². The minimum atomic E-state index is -0.173. The molecule has 0 aliphatic heterocycles. The Kier molecular flexibility index (Phi) is 4.05. The predicted molar refractivity (Wildman–Crippen MR) is 105 cm³/mol. The van der Waals surface area contributed by atoms with E-state index in [4.69, 9.17) is 4.74 Å². The number of hydrogen-bond donors (Lipinski definition) is 1. The molecule has 0 aliphatic carbocycles. The number of fused-ring (bicyclic) bond motifs is 2. The molecule has 1 N–H and O–H groups in total. The van der Waals surface area contributed by atoms with Crippen LogP contribution < -0.4 is 10.1 Å². The monoisotopic (exact) mass is 363 g/mol. The largest absolute Gasteiger partial charge is 0.497 e. The van der Waals surface area contributed by atoms with Gasteiger partial charge in [-0.3, -0.25) is 9.78 Å². The highest BCUT2D eigenvalue weighted by atomic mass is 32.1. The second kappa shape index (κ2) is 6.38. The SMILES string of the molecule is COc1ccc2cc(C(=O)Nc3ccc4nc(C)sc4c3)c(C)nc2c1. The molecule has 4 rings (SSSR count). The van der Waals surface area contributed by atoms with Gasteiger partial charge in [-0.25, -0.2) is 4.98 Å². The quantitative estimate of drug-likeness (QED) is 0.572. The number of anilines is 1. The molecule has 0 spiro atoms. The molecule has 6 heteroatoms. The molecule has 2 aromatic carbocycles. The predicted octanol–water partition coefficient (Wildman–Crippen LogP) is 4.72. The number of aryl methyl sites for hydroxylation is 2. The van der Waals surface area contributed by atoms with E-state index in [1.807, 2.05) is 56.3 Å². The number of carbonyl (C=O) groups is 1. The summed E-state index contributed by atoms with van der Waals surface area (Å²) in [6.45, 7) is 3.81. The van der Waals surface area contributed by atoms with Gasteiger partial charge in [-0.1, -0.05) is 0 Å². The highest BCUT2D eigenvalue weighted by molar-refractivity contribution is 7.18. The van der Waals surface area contributed by atoms with Crippen LogP contribution in [0.15, 0.2) is 42.5 Å². The first-order valence-electron chi connectivity index (χ1n) is 8.17. The van der Waals surface area contributed by atoms with Crippen molar-refractivity contribution in [2.75, 3.05) is 12.4 Å². The highest BCUT2D eigenvalue weighted by Crippen LogP contribution is 2.26. The molecule has 2 aromatic heterocycles. The number of nitrogens with zero attached hydrogens (tertiary/aromatic N) is 2. The van der Waals surface area contributed by atoms with Crippen LogP contribution in [0.1, 0.15) is 21.1 Å². The summed E-state index contributed by atoms with van der Waals surface area (Å²) >= 11 is 1.61. The fraction of sp³-hybridized carbons (Fsp3) is 0.150. The number of nitrogens with one attached hydrogen (secondary N) is 1. The highest BCUT2D eigenvalue weighted by Gasteiger charge is 2.13. The number of aromatic nitrogens is 2. The first-order chi connectivity index (χ1) is 12.5. The van der Waals surface area contributed by atoms with Gasteiger partial charge in [0, 0.05) is 17.1 Å². The molecule has 5 nitrogen and oxygen atoms in total. The van der Waals surface area contributed by atoms with E-state index in [1.54, 1.807) is 18.4 Å². The number of hydrogen-bond acceptors (Lipinski definition) is 5. The van der Waals surface area contributed by atoms with Crippen molar-refractivity contribution in [3.05, 3.63) is 58.7 Å². The van der Waals surface area contributed by atoms with Gasteiger partial charge in [0.1, 0.15) is 5.75 Å². The summed E-state index contributed by atoms with van der Waals surface area (Å²) in [6.07, 6.45) is 0. The maximum atomic E-state index is 12.8. The lowest BCUT2D eigenvalue weighted by Gasteiger charge is -2.09. The van der Waals surface area contributed by atoms with Crippen LogP contribution >= 0.6 is 11.3 Å². The Bertz CT molecular complexity index is 1150. The van der Waals surface area contributed by atoms with E-state index in [1.165, 1.54) is 0 Å². The van der Waals surface area contributed by atoms with Crippen LogP contribution in [0.25, 0.3) is 21.1 Å². The van der Waals surface area contributed by atoms with Crippen LogP contribution in [0.2, 0.25) is 0 Å². The summed E-state index contributed by atoms with van der Waals surface area (Å²) in [6, 6.07) is 13.2. The number of amides is 1. The second-order valence-electron chi connectivity index (χ2n) is 6.05. The molecular formula is C20H17N3O2S. The number of benzene rings is 2. The van der Waals surface area contributed by atoms with Gasteiger partial charge in [0.2, 0.25) is 0 Å². The molecule has 1 amide bonds. The van der Waals surface area contributed by atoms with Gasteiger partial charge < -0.3 is 10.1 Å². The molecular weight excluding hydrogens is 346 g/mol. The van der Waals surface area contributed by atoms with Crippen molar-refractivity contribution in [1.82, 2.24) is 9.97 Å². The van der Waals surface area contributed by atoms with Gasteiger partial charge in [0.25, 0.3) is 5.91 Å². The Balaban J connectivity index is 1.67. The van der Waals surface area contributed by atoms with Gasteiger partial charge in [0.15, 0.2) is 0 Å². The van der Waals surface area contributed by atoms with E-state index in [9.17, 15) is 4.79 Å². The minimum absolute atomic E-state index is 0.173. The van der Waals surface area contributed by atoms with Crippen molar-refractivity contribution >= 4 is 44.1 Å². The molecule has 0 unspecified atom stereocenters. The van der Waals surface area contributed by atoms with Gasteiger partial charge in [-0.2, -0.15) is 0 Å². The van der Waals surface area contributed by atoms with Crippen LogP contribution in [0.3, 0.4) is 0 Å². The van der Waals surface area contributed by atoms with Crippen LogP contribution in [0.5, 0.6) is 5.75 Å². The summed E-state index contributed by atoms with van der Waals surface area (Å²) in [7, 11) is 1.62. The van der Waals surface area contributed by atoms with E-state index in [0.717, 1.165) is 37.6 Å². The molecule has 0 bridgehead atoms. The fourth-order valence-electron chi connectivity index (χ4n) is 2.92. The minimum Gasteiger partial charge on any atom is -0.497 e. The van der Waals surface area contributed by atoms with Crippen molar-refractivity contribution in [3.8, 4) is 5.75 Å². The van der Waals surface area contributed by atoms with Gasteiger partial charge in [-0.15, -0.1) is 11.3 Å². The molecule has 4 aromatic rings. The van der Waals surface area contributed by atoms with Gasteiger partial charge >= 0.3 is 0 Å². The third kappa shape index (κ3) is 2.99. The fourth-order valence-corrected chi connectivity index (χ4v) is 3.78. The second-order valence-corrected chi connectivity index (χ2v) is 7.28. The number of methoxy groups -OCH3 is 1. The molecule has 0 fully saturated rings. The maximum absolute atomic E-state index is 12.8. The Hall–Kier alpha value is -2.99. The number of thiazole rings is 1. The molecule has 0 saturated heterocycles. The molecule has 0 aliphatic rings. The number of rotatable bonds is 3. The Morgan fingerprint density at radius 1 is 1.04 bits per heavy atom. The van der Waals surface area contributed by atoms with E-state index >= 15 is 0 Å². The summed E-state index contributed by atoms with van der Waals surface area (Å²) in [5.41, 5.74) is 3.74. The van der Waals surface area contributed by atoms with E-state index in [-0.39, 0.29) is 5.91 Å². The standard InChI is InChI=1S/C20H17N3O2S/c1-11-16(8-13-4-6-15(25-3)10-18(13)21-11)20(24)23-14-5-7-17-19(9-14)26-12(2)22-17/h4-10H,1-3H3,(H,23,24). The van der Waals surface area contributed by atoms with Crippen molar-refractivity contribution in [3.63, 3.8) is 0 Å². The summed E-state index contributed by atoms with van der Waals surface area (Å²) in [5, 5.41) is 4.87. The van der Waals surface area contributed by atoms with Gasteiger partial charge in [0.05, 0.1) is 39.1 Å². The number of pyridine rings is 1. The van der Waals surface area contributed by atoms with Crippen molar-refractivity contribution in [2.24, 2.45) is 0 Å². The summed E-state index contributed by atoms with van der Waals surface area (Å²) < 4.78 is 6.29. The number of ether oxygens (including phenoxy) is 1. The molecule has 26 heavy (non-hydrogen) atoms. The van der Waals surface area contributed by atoms with E-state index < -0.39 is 0 Å². The Morgan fingerprint density at radius 3 is 2.69 bits per heavy atom.